The number of nitrogens with zero attached hydrogens (tertiary/aromatic N) is 2. The van der Waals surface area contributed by atoms with E-state index in [1.807, 2.05) is 30.0 Å². The van der Waals surface area contributed by atoms with E-state index in [2.05, 4.69) is 16.3 Å². The number of ether oxygens (including phenoxy) is 3. The summed E-state index contributed by atoms with van der Waals surface area (Å²) in [5.41, 5.74) is 1.69. The summed E-state index contributed by atoms with van der Waals surface area (Å²) in [6.45, 7) is 5.36. The molecule has 3 rings (SSSR count). The van der Waals surface area contributed by atoms with Crippen molar-refractivity contribution in [3.8, 4) is 17.2 Å². The van der Waals surface area contributed by atoms with Gasteiger partial charge in [-0.3, -0.25) is 0 Å². The van der Waals surface area contributed by atoms with Gasteiger partial charge in [-0.15, -0.1) is 0 Å². The van der Waals surface area contributed by atoms with Crippen molar-refractivity contribution in [3.05, 3.63) is 42.5 Å². The van der Waals surface area contributed by atoms with Crippen LogP contribution in [0.1, 0.15) is 6.92 Å². The van der Waals surface area contributed by atoms with E-state index in [1.165, 1.54) is 0 Å². The van der Waals surface area contributed by atoms with Gasteiger partial charge in [0.1, 0.15) is 17.2 Å². The highest BCUT2D eigenvalue weighted by Crippen LogP contribution is 2.30. The predicted octanol–water partition coefficient (Wildman–Crippen LogP) is 3.46. The first kappa shape index (κ1) is 19.7. The van der Waals surface area contributed by atoms with E-state index < -0.39 is 0 Å². The molecule has 0 unspecified atom stereocenters. The van der Waals surface area contributed by atoms with E-state index in [0.717, 1.165) is 24.5 Å². The van der Waals surface area contributed by atoms with Crippen LogP contribution in [-0.2, 0) is 0 Å². The Balaban J connectivity index is 1.62. The van der Waals surface area contributed by atoms with E-state index in [1.54, 1.807) is 32.4 Å². The zero-order valence-electron chi connectivity index (χ0n) is 16.6. The first-order valence-electron chi connectivity index (χ1n) is 9.41. The van der Waals surface area contributed by atoms with Gasteiger partial charge in [-0.2, -0.15) is 0 Å². The number of nitrogens with one attached hydrogen (secondary N) is 1. The number of hydrogen-bond donors (Lipinski definition) is 1. The van der Waals surface area contributed by atoms with Gasteiger partial charge in [0.15, 0.2) is 0 Å². The summed E-state index contributed by atoms with van der Waals surface area (Å²) in [6.07, 6.45) is 0. The second-order valence-electron chi connectivity index (χ2n) is 6.37. The smallest absolute Gasteiger partial charge is 0.322 e. The molecule has 150 valence electrons. The summed E-state index contributed by atoms with van der Waals surface area (Å²) >= 11 is 0. The highest BCUT2D eigenvalue weighted by atomic mass is 16.5. The second kappa shape index (κ2) is 9.21. The summed E-state index contributed by atoms with van der Waals surface area (Å²) in [5.74, 6) is 2.12. The highest BCUT2D eigenvalue weighted by molar-refractivity contribution is 5.91. The van der Waals surface area contributed by atoms with Crippen molar-refractivity contribution < 1.29 is 19.0 Å². The van der Waals surface area contributed by atoms with E-state index >= 15 is 0 Å². The van der Waals surface area contributed by atoms with Gasteiger partial charge in [0, 0.05) is 32.2 Å². The lowest BCUT2D eigenvalue weighted by atomic mass is 10.2. The minimum Gasteiger partial charge on any atom is -0.497 e. The molecule has 28 heavy (non-hydrogen) atoms. The van der Waals surface area contributed by atoms with Crippen LogP contribution in [0.3, 0.4) is 0 Å². The molecule has 1 heterocycles. The fraction of sp³-hybridized carbons (Fsp3) is 0.381. The Morgan fingerprint density at radius 2 is 1.75 bits per heavy atom. The van der Waals surface area contributed by atoms with Crippen LogP contribution in [0, 0.1) is 0 Å². The molecular formula is C21H27N3O4. The summed E-state index contributed by atoms with van der Waals surface area (Å²) in [4.78, 5) is 16.7. The molecule has 1 aliphatic rings. The van der Waals surface area contributed by atoms with Gasteiger partial charge in [0.05, 0.1) is 32.2 Å². The van der Waals surface area contributed by atoms with Crippen molar-refractivity contribution >= 4 is 17.4 Å². The molecule has 0 aromatic heterocycles. The monoisotopic (exact) mass is 385 g/mol. The highest BCUT2D eigenvalue weighted by Gasteiger charge is 2.23. The summed E-state index contributed by atoms with van der Waals surface area (Å²) in [7, 11) is 3.16. The van der Waals surface area contributed by atoms with E-state index in [9.17, 15) is 4.79 Å². The van der Waals surface area contributed by atoms with E-state index in [4.69, 9.17) is 14.2 Å². The van der Waals surface area contributed by atoms with Crippen LogP contribution in [0.5, 0.6) is 17.2 Å². The Kier molecular flexibility index (Phi) is 6.47. The largest absolute Gasteiger partial charge is 0.497 e. The first-order valence-corrected chi connectivity index (χ1v) is 9.41. The van der Waals surface area contributed by atoms with Gasteiger partial charge in [-0.05, 0) is 31.2 Å². The minimum atomic E-state index is -0.138. The van der Waals surface area contributed by atoms with Gasteiger partial charge < -0.3 is 29.3 Å². The number of piperazine rings is 1. The molecule has 0 saturated carbocycles. The number of para-hydroxylation sites is 2. The van der Waals surface area contributed by atoms with Crippen LogP contribution in [0.25, 0.3) is 0 Å². The number of hydrogen-bond acceptors (Lipinski definition) is 5. The Morgan fingerprint density at radius 1 is 1.00 bits per heavy atom. The van der Waals surface area contributed by atoms with Gasteiger partial charge in [0.25, 0.3) is 0 Å². The number of anilines is 2. The average Bonchev–Trinajstić information content (AvgIpc) is 2.74. The Labute approximate surface area is 165 Å². The van der Waals surface area contributed by atoms with Crippen LogP contribution in [0.15, 0.2) is 42.5 Å². The minimum absolute atomic E-state index is 0.138. The van der Waals surface area contributed by atoms with Crippen molar-refractivity contribution in [3.63, 3.8) is 0 Å². The maximum atomic E-state index is 12.7. The Bertz CT molecular complexity index is 804. The molecule has 1 saturated heterocycles. The molecule has 2 aromatic rings. The molecule has 7 nitrogen and oxygen atoms in total. The quantitative estimate of drug-likeness (QED) is 0.825. The van der Waals surface area contributed by atoms with Crippen LogP contribution in [0.4, 0.5) is 16.2 Å². The fourth-order valence-corrected chi connectivity index (χ4v) is 3.24. The lowest BCUT2D eigenvalue weighted by molar-refractivity contribution is 0.208. The normalized spacial score (nSPS) is 13.8. The molecule has 0 atom stereocenters. The third kappa shape index (κ3) is 4.42. The summed E-state index contributed by atoms with van der Waals surface area (Å²) in [5, 5.41) is 2.93. The molecule has 1 aliphatic heterocycles. The number of urea groups is 1. The molecule has 0 radical (unpaired) electrons. The maximum absolute atomic E-state index is 12.7. The number of benzene rings is 2. The van der Waals surface area contributed by atoms with Crippen molar-refractivity contribution in [2.24, 2.45) is 0 Å². The molecule has 0 aliphatic carbocycles. The number of rotatable bonds is 6. The van der Waals surface area contributed by atoms with Gasteiger partial charge in [-0.1, -0.05) is 12.1 Å². The van der Waals surface area contributed by atoms with Gasteiger partial charge in [0.2, 0.25) is 0 Å². The van der Waals surface area contributed by atoms with E-state index in [0.29, 0.717) is 36.9 Å². The predicted molar refractivity (Wildman–Crippen MR) is 110 cm³/mol. The van der Waals surface area contributed by atoms with Crippen LogP contribution >= 0.6 is 0 Å². The van der Waals surface area contributed by atoms with Crippen molar-refractivity contribution in [2.45, 2.75) is 6.92 Å². The number of methoxy groups -OCH3 is 2. The maximum Gasteiger partial charge on any atom is 0.322 e. The van der Waals surface area contributed by atoms with Crippen LogP contribution in [-0.4, -0.2) is 57.9 Å². The third-order valence-corrected chi connectivity index (χ3v) is 4.72. The molecular weight excluding hydrogens is 358 g/mol. The molecule has 1 N–H and O–H groups in total. The Hall–Kier alpha value is -3.09. The summed E-state index contributed by atoms with van der Waals surface area (Å²) in [6, 6.07) is 13.2. The fourth-order valence-electron chi connectivity index (χ4n) is 3.24. The third-order valence-electron chi connectivity index (χ3n) is 4.72. The van der Waals surface area contributed by atoms with Crippen LogP contribution < -0.4 is 24.4 Å². The van der Waals surface area contributed by atoms with Crippen LogP contribution in [0.2, 0.25) is 0 Å². The molecule has 0 spiro atoms. The molecule has 2 amide bonds. The van der Waals surface area contributed by atoms with Crippen molar-refractivity contribution in [1.29, 1.82) is 0 Å². The zero-order valence-corrected chi connectivity index (χ0v) is 16.6. The molecule has 1 fully saturated rings. The molecule has 7 heteroatoms. The number of carbonyl (C=O) groups excluding carboxylic acids is 1. The number of amides is 2. The standard InChI is InChI=1S/C21H27N3O4/c1-4-28-19-8-6-5-7-18(19)23-11-13-24(14-12-23)21(25)22-17-10-9-16(26-2)15-20(17)27-3/h5-10,15H,4,11-14H2,1-3H3,(H,22,25). The second-order valence-corrected chi connectivity index (χ2v) is 6.37. The SMILES string of the molecule is CCOc1ccccc1N1CCN(C(=O)Nc2ccc(OC)cc2OC)CC1. The average molecular weight is 385 g/mol. The van der Waals surface area contributed by atoms with Crippen molar-refractivity contribution in [2.75, 3.05) is 57.2 Å². The lowest BCUT2D eigenvalue weighted by Crippen LogP contribution is -2.50. The first-order chi connectivity index (χ1) is 13.7. The number of carbonyl (C=O) groups is 1. The molecule has 0 bridgehead atoms. The topological polar surface area (TPSA) is 63.3 Å². The summed E-state index contributed by atoms with van der Waals surface area (Å²) < 4.78 is 16.3. The van der Waals surface area contributed by atoms with Gasteiger partial charge >= 0.3 is 6.03 Å². The zero-order chi connectivity index (χ0) is 19.9. The Morgan fingerprint density at radius 3 is 2.43 bits per heavy atom. The van der Waals surface area contributed by atoms with E-state index in [-0.39, 0.29) is 6.03 Å². The molecule has 2 aromatic carbocycles. The van der Waals surface area contributed by atoms with Gasteiger partial charge in [-0.25, -0.2) is 4.79 Å². The lowest BCUT2D eigenvalue weighted by Gasteiger charge is -2.36. The van der Waals surface area contributed by atoms with Crippen molar-refractivity contribution in [1.82, 2.24) is 4.90 Å².